The number of rotatable bonds is 6. The number of halogens is 2. The van der Waals surface area contributed by atoms with Gasteiger partial charge < -0.3 is 5.11 Å². The maximum atomic E-state index is 10.7. The van der Waals surface area contributed by atoms with Crippen molar-refractivity contribution in [1.82, 2.24) is 4.90 Å². The van der Waals surface area contributed by atoms with Crippen molar-refractivity contribution < 1.29 is 9.90 Å². The first-order valence-electron chi connectivity index (χ1n) is 4.51. The number of nitrogens with zero attached hydrogens (tertiary/aromatic N) is 1. The number of thiophene rings is 1. The molecule has 0 atom stereocenters. The first-order valence-corrected chi connectivity index (χ1v) is 6.92. The summed E-state index contributed by atoms with van der Waals surface area (Å²) in [4.78, 5) is 13.6. The summed E-state index contributed by atoms with van der Waals surface area (Å²) in [5.74, 6) is -0.823. The number of carboxylic acids is 1. The van der Waals surface area contributed by atoms with Gasteiger partial charge in [0, 0.05) is 22.4 Å². The molecule has 3 nitrogen and oxygen atoms in total. The molecule has 1 heterocycles. The minimum atomic E-state index is -0.823. The van der Waals surface area contributed by atoms with Crippen LogP contribution in [-0.4, -0.2) is 29.1 Å². The van der Waals surface area contributed by atoms with Crippen LogP contribution >= 0.6 is 43.2 Å². The third kappa shape index (κ3) is 4.37. The molecule has 0 saturated carbocycles. The molecular formula is C10H11Br2NO2S. The molecule has 0 aliphatic carbocycles. The van der Waals surface area contributed by atoms with E-state index >= 15 is 0 Å². The molecule has 1 rings (SSSR count). The summed E-state index contributed by atoms with van der Waals surface area (Å²) in [5, 5.41) is 8.76. The van der Waals surface area contributed by atoms with Gasteiger partial charge in [0.15, 0.2) is 0 Å². The molecule has 0 saturated heterocycles. The second-order valence-corrected chi connectivity index (χ2v) is 6.50. The van der Waals surface area contributed by atoms with E-state index in [2.05, 4.69) is 38.4 Å². The number of hydrogen-bond acceptors (Lipinski definition) is 3. The highest BCUT2D eigenvalue weighted by atomic mass is 79.9. The predicted molar refractivity (Wildman–Crippen MR) is 72.8 cm³/mol. The average molecular weight is 369 g/mol. The van der Waals surface area contributed by atoms with E-state index in [-0.39, 0.29) is 6.54 Å². The molecule has 0 fully saturated rings. The third-order valence-electron chi connectivity index (χ3n) is 1.82. The molecular weight excluding hydrogens is 358 g/mol. The average Bonchev–Trinajstić information content (AvgIpc) is 2.45. The van der Waals surface area contributed by atoms with Gasteiger partial charge in [-0.05, 0) is 37.9 Å². The van der Waals surface area contributed by atoms with Crippen LogP contribution in [0.15, 0.2) is 27.0 Å². The zero-order valence-electron chi connectivity index (χ0n) is 8.45. The molecule has 16 heavy (non-hydrogen) atoms. The van der Waals surface area contributed by atoms with E-state index in [0.29, 0.717) is 13.1 Å². The number of carbonyl (C=O) groups is 1. The Labute approximate surface area is 115 Å². The van der Waals surface area contributed by atoms with E-state index in [1.54, 1.807) is 17.4 Å². The minimum absolute atomic E-state index is 0.0269. The van der Waals surface area contributed by atoms with Crippen molar-refractivity contribution in [3.8, 4) is 0 Å². The lowest BCUT2D eigenvalue weighted by Crippen LogP contribution is -2.29. The van der Waals surface area contributed by atoms with E-state index in [4.69, 9.17) is 5.11 Å². The fourth-order valence-corrected chi connectivity index (χ4v) is 3.47. The first-order chi connectivity index (χ1) is 7.52. The molecule has 0 aromatic carbocycles. The summed E-state index contributed by atoms with van der Waals surface area (Å²) in [6.45, 7) is 4.84. The Bertz CT molecular complexity index is 373. The van der Waals surface area contributed by atoms with Gasteiger partial charge >= 0.3 is 5.97 Å². The lowest BCUT2D eigenvalue weighted by atomic mass is 10.4. The van der Waals surface area contributed by atoms with Gasteiger partial charge in [-0.1, -0.05) is 6.08 Å². The Morgan fingerprint density at radius 3 is 2.75 bits per heavy atom. The first kappa shape index (κ1) is 13.9. The van der Waals surface area contributed by atoms with Gasteiger partial charge in [-0.3, -0.25) is 9.69 Å². The van der Waals surface area contributed by atoms with Crippen molar-refractivity contribution >= 4 is 49.2 Å². The Kier molecular flexibility index (Phi) is 5.68. The molecule has 1 aromatic heterocycles. The van der Waals surface area contributed by atoms with Crippen molar-refractivity contribution in [1.29, 1.82) is 0 Å². The molecule has 0 amide bonds. The lowest BCUT2D eigenvalue weighted by Gasteiger charge is -2.16. The maximum absolute atomic E-state index is 10.7. The van der Waals surface area contributed by atoms with Crippen molar-refractivity contribution in [3.05, 3.63) is 31.9 Å². The second-order valence-electron chi connectivity index (χ2n) is 3.19. The highest BCUT2D eigenvalue weighted by Gasteiger charge is 2.11. The lowest BCUT2D eigenvalue weighted by molar-refractivity contribution is -0.138. The van der Waals surface area contributed by atoms with E-state index in [1.807, 2.05) is 11.0 Å². The molecule has 0 bridgehead atoms. The van der Waals surface area contributed by atoms with Crippen LogP contribution in [0.3, 0.4) is 0 Å². The van der Waals surface area contributed by atoms with Crippen molar-refractivity contribution in [3.63, 3.8) is 0 Å². The largest absolute Gasteiger partial charge is 0.480 e. The van der Waals surface area contributed by atoms with Crippen molar-refractivity contribution in [2.24, 2.45) is 0 Å². The molecule has 0 spiro atoms. The van der Waals surface area contributed by atoms with Crippen LogP contribution in [0.1, 0.15) is 4.88 Å². The Morgan fingerprint density at radius 1 is 1.62 bits per heavy atom. The number of aliphatic carboxylic acids is 1. The number of hydrogen-bond donors (Lipinski definition) is 1. The topological polar surface area (TPSA) is 40.5 Å². The van der Waals surface area contributed by atoms with Crippen LogP contribution in [-0.2, 0) is 11.3 Å². The Balaban J connectivity index is 2.66. The van der Waals surface area contributed by atoms with Crippen molar-refractivity contribution in [2.45, 2.75) is 6.54 Å². The summed E-state index contributed by atoms with van der Waals surface area (Å²) in [5.41, 5.74) is 0. The van der Waals surface area contributed by atoms with Gasteiger partial charge in [0.2, 0.25) is 0 Å². The van der Waals surface area contributed by atoms with E-state index in [1.165, 1.54) is 0 Å². The Morgan fingerprint density at radius 2 is 2.31 bits per heavy atom. The van der Waals surface area contributed by atoms with Gasteiger partial charge in [-0.25, -0.2) is 0 Å². The van der Waals surface area contributed by atoms with E-state index < -0.39 is 5.97 Å². The van der Waals surface area contributed by atoms with Crippen LogP contribution in [0.5, 0.6) is 0 Å². The molecule has 0 unspecified atom stereocenters. The molecule has 88 valence electrons. The fraction of sp³-hybridized carbons (Fsp3) is 0.300. The number of carboxylic acid groups (broad SMARTS) is 1. The Hall–Kier alpha value is -0.170. The minimum Gasteiger partial charge on any atom is -0.480 e. The summed E-state index contributed by atoms with van der Waals surface area (Å²) in [6, 6.07) is 1.99. The smallest absolute Gasteiger partial charge is 0.317 e. The monoisotopic (exact) mass is 367 g/mol. The normalized spacial score (nSPS) is 10.7. The van der Waals surface area contributed by atoms with E-state index in [9.17, 15) is 4.79 Å². The van der Waals surface area contributed by atoms with Crippen LogP contribution in [0.2, 0.25) is 0 Å². The van der Waals surface area contributed by atoms with Crippen LogP contribution in [0.25, 0.3) is 0 Å². The molecule has 0 aliphatic rings. The van der Waals surface area contributed by atoms with Gasteiger partial charge in [-0.15, -0.1) is 17.9 Å². The van der Waals surface area contributed by atoms with Gasteiger partial charge in [-0.2, -0.15) is 0 Å². The van der Waals surface area contributed by atoms with Crippen LogP contribution in [0, 0.1) is 0 Å². The van der Waals surface area contributed by atoms with Gasteiger partial charge in [0.05, 0.1) is 10.3 Å². The van der Waals surface area contributed by atoms with E-state index in [0.717, 1.165) is 13.1 Å². The maximum Gasteiger partial charge on any atom is 0.317 e. The molecule has 6 heteroatoms. The SMILES string of the molecule is C=CCN(CC(=O)O)Cc1cc(Br)c(Br)s1. The summed E-state index contributed by atoms with van der Waals surface area (Å²) in [6.07, 6.45) is 1.71. The highest BCUT2D eigenvalue weighted by molar-refractivity contribution is 9.13. The second kappa shape index (κ2) is 6.54. The van der Waals surface area contributed by atoms with Crippen LogP contribution in [0.4, 0.5) is 0 Å². The van der Waals surface area contributed by atoms with Gasteiger partial charge in [0.1, 0.15) is 0 Å². The quantitative estimate of drug-likeness (QED) is 0.783. The van der Waals surface area contributed by atoms with Crippen molar-refractivity contribution in [2.75, 3.05) is 13.1 Å². The standard InChI is InChI=1S/C10H11Br2NO2S/c1-2-3-13(6-9(14)15)5-7-4-8(11)10(12)16-7/h2,4H,1,3,5-6H2,(H,14,15). The fourth-order valence-electron chi connectivity index (χ4n) is 1.25. The molecule has 1 N–H and O–H groups in total. The third-order valence-corrected chi connectivity index (χ3v) is 5.06. The zero-order chi connectivity index (χ0) is 12.1. The predicted octanol–water partition coefficient (Wildman–Crippen LogP) is 3.35. The molecule has 0 radical (unpaired) electrons. The van der Waals surface area contributed by atoms with Crippen LogP contribution < -0.4 is 0 Å². The van der Waals surface area contributed by atoms with Gasteiger partial charge in [0.25, 0.3) is 0 Å². The summed E-state index contributed by atoms with van der Waals surface area (Å²) >= 11 is 8.41. The zero-order valence-corrected chi connectivity index (χ0v) is 12.4. The summed E-state index contributed by atoms with van der Waals surface area (Å²) < 4.78 is 2.03. The highest BCUT2D eigenvalue weighted by Crippen LogP contribution is 2.32. The summed E-state index contributed by atoms with van der Waals surface area (Å²) in [7, 11) is 0. The molecule has 0 aliphatic heterocycles. The molecule has 1 aromatic rings.